The topological polar surface area (TPSA) is 26.3 Å². The maximum Gasteiger partial charge on any atom is 0.319 e. The first-order valence-corrected chi connectivity index (χ1v) is 7.86. The molecule has 0 radical (unpaired) electrons. The highest BCUT2D eigenvalue weighted by molar-refractivity contribution is 8.00. The van der Waals surface area contributed by atoms with Crippen LogP contribution in [0.3, 0.4) is 0 Å². The van der Waals surface area contributed by atoms with E-state index in [9.17, 15) is 13.6 Å². The summed E-state index contributed by atoms with van der Waals surface area (Å²) in [6, 6.07) is 0. The van der Waals surface area contributed by atoms with Gasteiger partial charge in [0.05, 0.1) is 6.10 Å². The summed E-state index contributed by atoms with van der Waals surface area (Å²) in [7, 11) is 0. The molecule has 0 saturated carbocycles. The van der Waals surface area contributed by atoms with Crippen LogP contribution >= 0.6 is 11.8 Å². The van der Waals surface area contributed by atoms with Crippen LogP contribution in [0.5, 0.6) is 0 Å². The van der Waals surface area contributed by atoms with E-state index in [1.165, 1.54) is 11.8 Å². The molecule has 0 aliphatic heterocycles. The van der Waals surface area contributed by atoms with Crippen molar-refractivity contribution >= 4 is 17.7 Å². The van der Waals surface area contributed by atoms with Gasteiger partial charge in [-0.25, -0.2) is 8.78 Å². The fourth-order valence-electron chi connectivity index (χ4n) is 1.58. The minimum absolute atomic E-state index is 0.131. The molecule has 0 spiro atoms. The van der Waals surface area contributed by atoms with Crippen molar-refractivity contribution in [1.29, 1.82) is 0 Å². The molecule has 0 amide bonds. The van der Waals surface area contributed by atoms with Crippen molar-refractivity contribution in [2.75, 3.05) is 5.75 Å². The Balaban J connectivity index is 4.17. The van der Waals surface area contributed by atoms with E-state index in [4.69, 9.17) is 4.74 Å². The third-order valence-corrected chi connectivity index (χ3v) is 3.69. The summed E-state index contributed by atoms with van der Waals surface area (Å²) in [6.07, 6.45) is 0.868. The zero-order valence-electron chi connectivity index (χ0n) is 12.5. The van der Waals surface area contributed by atoms with Crippen molar-refractivity contribution in [2.45, 2.75) is 71.2 Å². The van der Waals surface area contributed by atoms with Crippen molar-refractivity contribution in [3.05, 3.63) is 0 Å². The highest BCUT2D eigenvalue weighted by Gasteiger charge is 2.24. The highest BCUT2D eigenvalue weighted by atomic mass is 32.2. The van der Waals surface area contributed by atoms with Crippen LogP contribution in [0.15, 0.2) is 0 Å². The lowest BCUT2D eigenvalue weighted by molar-refractivity contribution is -0.147. The molecule has 19 heavy (non-hydrogen) atoms. The number of rotatable bonds is 9. The lowest BCUT2D eigenvalue weighted by atomic mass is 10.1. The third-order valence-electron chi connectivity index (χ3n) is 2.38. The second-order valence-electron chi connectivity index (χ2n) is 5.65. The molecule has 1 unspecified atom stereocenters. The molecule has 0 fully saturated rings. The maximum atomic E-state index is 12.7. The summed E-state index contributed by atoms with van der Waals surface area (Å²) in [5.41, 5.74) is 0. The van der Waals surface area contributed by atoms with Crippen LogP contribution in [0.25, 0.3) is 0 Å². The standard InChI is InChI=1S/C14H26F2O2S/c1-10(2)9-12(13(17)18-11(3)4)19-8-6-7-14(5,15)16/h10-12H,6-9H2,1-5H3. The Morgan fingerprint density at radius 1 is 1.26 bits per heavy atom. The van der Waals surface area contributed by atoms with Gasteiger partial charge in [-0.3, -0.25) is 4.79 Å². The van der Waals surface area contributed by atoms with Crippen LogP contribution in [0.1, 0.15) is 53.9 Å². The number of esters is 1. The lowest BCUT2D eigenvalue weighted by Gasteiger charge is -2.19. The minimum Gasteiger partial charge on any atom is -0.462 e. The zero-order valence-corrected chi connectivity index (χ0v) is 13.4. The molecule has 1 atom stereocenters. The summed E-state index contributed by atoms with van der Waals surface area (Å²) < 4.78 is 30.6. The number of alkyl halides is 2. The first-order valence-electron chi connectivity index (χ1n) is 6.81. The van der Waals surface area contributed by atoms with Gasteiger partial charge in [-0.15, -0.1) is 11.8 Å². The van der Waals surface area contributed by atoms with Gasteiger partial charge < -0.3 is 4.74 Å². The van der Waals surface area contributed by atoms with Crippen LogP contribution in [0.2, 0.25) is 0 Å². The molecule has 5 heteroatoms. The largest absolute Gasteiger partial charge is 0.462 e. The van der Waals surface area contributed by atoms with Crippen molar-refractivity contribution in [1.82, 2.24) is 0 Å². The smallest absolute Gasteiger partial charge is 0.319 e. The van der Waals surface area contributed by atoms with E-state index in [1.54, 1.807) is 0 Å². The Hall–Kier alpha value is -0.320. The second kappa shape index (κ2) is 8.77. The number of halogens is 2. The van der Waals surface area contributed by atoms with Gasteiger partial charge in [0.15, 0.2) is 0 Å². The predicted molar refractivity (Wildman–Crippen MR) is 76.8 cm³/mol. The Labute approximate surface area is 119 Å². The van der Waals surface area contributed by atoms with E-state index in [1.807, 2.05) is 27.7 Å². The average Bonchev–Trinajstić information content (AvgIpc) is 2.19. The van der Waals surface area contributed by atoms with Gasteiger partial charge in [0.25, 0.3) is 0 Å². The maximum absolute atomic E-state index is 12.7. The fraction of sp³-hybridized carbons (Fsp3) is 0.929. The third kappa shape index (κ3) is 11.2. The predicted octanol–water partition coefficient (Wildman–Crippen LogP) is 4.52. The monoisotopic (exact) mass is 296 g/mol. The van der Waals surface area contributed by atoms with Crippen LogP contribution in [0, 0.1) is 5.92 Å². The van der Waals surface area contributed by atoms with Crippen LogP contribution < -0.4 is 0 Å². The number of hydrogen-bond donors (Lipinski definition) is 0. The second-order valence-corrected chi connectivity index (χ2v) is 6.96. The Morgan fingerprint density at radius 3 is 2.26 bits per heavy atom. The van der Waals surface area contributed by atoms with Crippen LogP contribution in [-0.2, 0) is 9.53 Å². The molecule has 0 aromatic rings. The van der Waals surface area contributed by atoms with Crippen molar-refractivity contribution in [2.24, 2.45) is 5.92 Å². The first-order chi connectivity index (χ1) is 8.61. The molecule has 0 aromatic heterocycles. The van der Waals surface area contributed by atoms with Crippen LogP contribution in [-0.4, -0.2) is 29.0 Å². The van der Waals surface area contributed by atoms with E-state index in [2.05, 4.69) is 0 Å². The molecule has 0 aliphatic rings. The van der Waals surface area contributed by atoms with Crippen molar-refractivity contribution < 1.29 is 18.3 Å². The molecule has 0 rings (SSSR count). The molecule has 0 aliphatic carbocycles. The summed E-state index contributed by atoms with van der Waals surface area (Å²) >= 11 is 1.43. The van der Waals surface area contributed by atoms with Crippen LogP contribution in [0.4, 0.5) is 8.78 Å². The normalized spacial score (nSPS) is 13.9. The first kappa shape index (κ1) is 18.7. The number of hydrogen-bond acceptors (Lipinski definition) is 3. The molecule has 2 nitrogen and oxygen atoms in total. The molecule has 0 aromatic carbocycles. The quantitative estimate of drug-likeness (QED) is 0.462. The zero-order chi connectivity index (χ0) is 15.1. The van der Waals surface area contributed by atoms with Gasteiger partial charge >= 0.3 is 5.97 Å². The van der Waals surface area contributed by atoms with Gasteiger partial charge in [0, 0.05) is 6.42 Å². The van der Waals surface area contributed by atoms with Gasteiger partial charge in [0.2, 0.25) is 5.92 Å². The summed E-state index contributed by atoms with van der Waals surface area (Å²) in [5, 5.41) is -0.243. The Bertz CT molecular complexity index is 263. The number of carbonyl (C=O) groups is 1. The minimum atomic E-state index is -2.62. The number of carbonyl (C=O) groups excluding carboxylic acids is 1. The average molecular weight is 296 g/mol. The summed E-state index contributed by atoms with van der Waals surface area (Å²) in [4.78, 5) is 11.9. The van der Waals surface area contributed by atoms with Gasteiger partial charge in [-0.2, -0.15) is 0 Å². The molecule has 0 N–H and O–H groups in total. The van der Waals surface area contributed by atoms with E-state index in [-0.39, 0.29) is 23.7 Å². The molecule has 0 bridgehead atoms. The van der Waals surface area contributed by atoms with Crippen molar-refractivity contribution in [3.8, 4) is 0 Å². The SMILES string of the molecule is CC(C)CC(SCCCC(C)(F)F)C(=O)OC(C)C. The Kier molecular flexibility index (Phi) is 8.62. The fourth-order valence-corrected chi connectivity index (χ4v) is 2.88. The number of thioether (sulfide) groups is 1. The molecular weight excluding hydrogens is 270 g/mol. The Morgan fingerprint density at radius 2 is 1.84 bits per heavy atom. The van der Waals surface area contributed by atoms with Gasteiger partial charge in [0.1, 0.15) is 5.25 Å². The molecule has 114 valence electrons. The highest BCUT2D eigenvalue weighted by Crippen LogP contribution is 2.25. The van der Waals surface area contributed by atoms with E-state index < -0.39 is 5.92 Å². The number of ether oxygens (including phenoxy) is 1. The molecule has 0 saturated heterocycles. The van der Waals surface area contributed by atoms with Gasteiger partial charge in [-0.05, 0) is 45.3 Å². The molecule has 0 heterocycles. The molecular formula is C14H26F2O2S. The van der Waals surface area contributed by atoms with E-state index in [0.29, 0.717) is 18.1 Å². The lowest BCUT2D eigenvalue weighted by Crippen LogP contribution is -2.25. The van der Waals surface area contributed by atoms with E-state index >= 15 is 0 Å². The summed E-state index contributed by atoms with van der Waals surface area (Å²) in [5.74, 6) is -1.90. The van der Waals surface area contributed by atoms with Crippen molar-refractivity contribution in [3.63, 3.8) is 0 Å². The van der Waals surface area contributed by atoms with Gasteiger partial charge in [-0.1, -0.05) is 13.8 Å². The summed E-state index contributed by atoms with van der Waals surface area (Å²) in [6.45, 7) is 8.63. The van der Waals surface area contributed by atoms with E-state index in [0.717, 1.165) is 13.3 Å².